The number of rotatable bonds is 2. The van der Waals surface area contributed by atoms with Crippen LogP contribution in [0.4, 0.5) is 0 Å². The van der Waals surface area contributed by atoms with E-state index < -0.39 is 11.9 Å². The Labute approximate surface area is 125 Å². The first-order valence-corrected chi connectivity index (χ1v) is 5.05. The molecule has 0 aliphatic carbocycles. The molecule has 0 aliphatic heterocycles. The van der Waals surface area contributed by atoms with Gasteiger partial charge in [0.1, 0.15) is 0 Å². The molecule has 7 heteroatoms. The molecule has 2 N–H and O–H groups in total. The number of hydrogen-bond donors (Lipinski definition) is 2. The first-order chi connectivity index (χ1) is 6.36. The van der Waals surface area contributed by atoms with Crippen LogP contribution in [0.5, 0.6) is 0 Å². The van der Waals surface area contributed by atoms with E-state index in [-0.39, 0.29) is 36.3 Å². The molecule has 0 aliphatic rings. The molecule has 0 fully saturated rings. The van der Waals surface area contributed by atoms with Gasteiger partial charge in [0.05, 0.1) is 8.96 Å². The second kappa shape index (κ2) is 12.4. The zero-order valence-electron chi connectivity index (χ0n) is 8.33. The van der Waals surface area contributed by atoms with Gasteiger partial charge in [-0.05, 0) is 45.7 Å². The maximum Gasteiger partial charge on any atom is 0.342 e. The summed E-state index contributed by atoms with van der Waals surface area (Å²) >= 11 is 5.61. The molecule has 0 atom stereocenters. The average molecular weight is 442 g/mol. The fourth-order valence-electron chi connectivity index (χ4n) is 0.247. The molecular weight excluding hydrogens is 432 g/mol. The summed E-state index contributed by atoms with van der Waals surface area (Å²) in [5, 5.41) is 16.1. The fourth-order valence-corrected chi connectivity index (χ4v) is 0.247. The SMILES string of the molecule is C/C=C(\Br)C(=O)O.C/C=C(\Br)C(=O)O.[Cd]. The van der Waals surface area contributed by atoms with E-state index in [1.54, 1.807) is 13.8 Å². The van der Waals surface area contributed by atoms with E-state index in [9.17, 15) is 9.59 Å². The van der Waals surface area contributed by atoms with Crippen molar-refractivity contribution in [1.29, 1.82) is 0 Å². The molecule has 0 rings (SSSR count). The topological polar surface area (TPSA) is 74.6 Å². The van der Waals surface area contributed by atoms with Crippen LogP contribution in [0.1, 0.15) is 13.8 Å². The molecule has 0 spiro atoms. The van der Waals surface area contributed by atoms with Crippen LogP contribution < -0.4 is 0 Å². The third-order valence-electron chi connectivity index (χ3n) is 0.916. The molecule has 0 aromatic heterocycles. The minimum absolute atomic E-state index is 0. The van der Waals surface area contributed by atoms with Crippen molar-refractivity contribution in [1.82, 2.24) is 0 Å². The van der Waals surface area contributed by atoms with Gasteiger partial charge < -0.3 is 10.2 Å². The second-order valence-electron chi connectivity index (χ2n) is 1.88. The largest absolute Gasteiger partial charge is 0.477 e. The predicted octanol–water partition coefficient (Wildman–Crippen LogP) is 2.74. The van der Waals surface area contributed by atoms with E-state index in [0.29, 0.717) is 0 Å². The first kappa shape index (κ1) is 20.7. The van der Waals surface area contributed by atoms with E-state index >= 15 is 0 Å². The van der Waals surface area contributed by atoms with Crippen LogP contribution in [-0.4, -0.2) is 22.2 Å². The smallest absolute Gasteiger partial charge is 0.342 e. The summed E-state index contributed by atoms with van der Waals surface area (Å²) in [6.07, 6.45) is 2.95. The van der Waals surface area contributed by atoms with Crippen molar-refractivity contribution in [2.75, 3.05) is 0 Å². The van der Waals surface area contributed by atoms with Crippen molar-refractivity contribution < 1.29 is 47.1 Å². The number of carboxylic acids is 2. The van der Waals surface area contributed by atoms with Crippen LogP contribution in [0, 0.1) is 0 Å². The van der Waals surface area contributed by atoms with Crippen LogP contribution in [0.3, 0.4) is 0 Å². The van der Waals surface area contributed by atoms with Crippen LogP contribution >= 0.6 is 31.9 Å². The zero-order chi connectivity index (χ0) is 11.7. The Bertz CT molecular complexity index is 246. The van der Waals surface area contributed by atoms with E-state index in [4.69, 9.17) is 10.2 Å². The normalized spacial score (nSPS) is 10.7. The standard InChI is InChI=1S/2C4H5BrO2.Cd/c2*1-2-3(5)4(6)7;/h2*2H,1H3,(H,6,7);/b2*3-2-;. The van der Waals surface area contributed by atoms with Crippen molar-refractivity contribution in [2.24, 2.45) is 0 Å². The number of halogens is 2. The van der Waals surface area contributed by atoms with Crippen molar-refractivity contribution in [3.8, 4) is 0 Å². The van der Waals surface area contributed by atoms with E-state index in [1.807, 2.05) is 0 Å². The van der Waals surface area contributed by atoms with Crippen molar-refractivity contribution in [3.05, 3.63) is 21.1 Å². The summed E-state index contributed by atoms with van der Waals surface area (Å²) in [6, 6.07) is 0. The van der Waals surface area contributed by atoms with Crippen molar-refractivity contribution >= 4 is 43.8 Å². The molecule has 0 saturated carbocycles. The van der Waals surface area contributed by atoms with Gasteiger partial charge in [-0.25, -0.2) is 9.59 Å². The summed E-state index contributed by atoms with van der Waals surface area (Å²) in [7, 11) is 0. The molecular formula is C8H10Br2CdO4. The summed E-state index contributed by atoms with van der Waals surface area (Å²) in [5.41, 5.74) is 0. The Kier molecular flexibility index (Phi) is 17.1. The monoisotopic (exact) mass is 442 g/mol. The van der Waals surface area contributed by atoms with Gasteiger partial charge in [-0.3, -0.25) is 0 Å². The number of carbonyl (C=O) groups is 2. The summed E-state index contributed by atoms with van der Waals surface area (Å²) < 4.78 is 0.403. The molecule has 0 amide bonds. The third kappa shape index (κ3) is 14.3. The van der Waals surface area contributed by atoms with Crippen molar-refractivity contribution in [2.45, 2.75) is 13.8 Å². The number of allylic oxidation sites excluding steroid dienone is 2. The molecule has 4 nitrogen and oxygen atoms in total. The maximum atomic E-state index is 9.82. The zero-order valence-corrected chi connectivity index (χ0v) is 15.5. The minimum Gasteiger partial charge on any atom is -0.477 e. The van der Waals surface area contributed by atoms with E-state index in [1.165, 1.54) is 12.2 Å². The molecule has 0 radical (unpaired) electrons. The van der Waals surface area contributed by atoms with Crippen molar-refractivity contribution in [3.63, 3.8) is 0 Å². The van der Waals surface area contributed by atoms with Gasteiger partial charge in [0, 0.05) is 27.3 Å². The quantitative estimate of drug-likeness (QED) is 0.510. The summed E-state index contributed by atoms with van der Waals surface area (Å²) in [4.78, 5) is 19.6. The minimum atomic E-state index is -0.928. The molecule has 0 bridgehead atoms. The Morgan fingerprint density at radius 1 is 0.933 bits per heavy atom. The molecule has 82 valence electrons. The molecule has 15 heavy (non-hydrogen) atoms. The van der Waals surface area contributed by atoms with E-state index in [0.717, 1.165) is 0 Å². The van der Waals surface area contributed by atoms with Gasteiger partial charge in [0.15, 0.2) is 0 Å². The third-order valence-corrected chi connectivity index (χ3v) is 2.51. The van der Waals surface area contributed by atoms with Gasteiger partial charge in [-0.15, -0.1) is 0 Å². The molecule has 0 saturated heterocycles. The first-order valence-electron chi connectivity index (χ1n) is 3.47. The number of hydrogen-bond acceptors (Lipinski definition) is 2. The number of aliphatic carboxylic acids is 2. The maximum absolute atomic E-state index is 9.82. The second-order valence-corrected chi connectivity index (χ2v) is 3.59. The van der Waals surface area contributed by atoms with Gasteiger partial charge in [0.2, 0.25) is 0 Å². The Hall–Kier alpha value is 0.302. The Morgan fingerprint density at radius 3 is 1.13 bits per heavy atom. The average Bonchev–Trinajstić information content (AvgIpc) is 2.15. The molecule has 0 aromatic rings. The van der Waals surface area contributed by atoms with Gasteiger partial charge in [0.25, 0.3) is 0 Å². The Morgan fingerprint density at radius 2 is 1.13 bits per heavy atom. The fraction of sp³-hybridized carbons (Fsp3) is 0.250. The van der Waals surface area contributed by atoms with E-state index in [2.05, 4.69) is 31.9 Å². The number of carboxylic acid groups (broad SMARTS) is 2. The van der Waals surface area contributed by atoms with Crippen LogP contribution in [-0.2, 0) is 36.9 Å². The summed E-state index contributed by atoms with van der Waals surface area (Å²) in [6.45, 7) is 3.30. The summed E-state index contributed by atoms with van der Waals surface area (Å²) in [5.74, 6) is -1.86. The van der Waals surface area contributed by atoms with Crippen LogP contribution in [0.15, 0.2) is 21.1 Å². The molecule has 0 unspecified atom stereocenters. The van der Waals surface area contributed by atoms with Gasteiger partial charge in [-0.1, -0.05) is 12.2 Å². The van der Waals surface area contributed by atoms with Crippen LogP contribution in [0.2, 0.25) is 0 Å². The Balaban J connectivity index is -0.000000180. The molecule has 0 heterocycles. The predicted molar refractivity (Wildman–Crippen MR) is 60.6 cm³/mol. The molecule has 0 aromatic carbocycles. The van der Waals surface area contributed by atoms with Gasteiger partial charge in [-0.2, -0.15) is 0 Å². The van der Waals surface area contributed by atoms with Crippen LogP contribution in [0.25, 0.3) is 0 Å². The van der Waals surface area contributed by atoms with Gasteiger partial charge >= 0.3 is 11.9 Å².